The monoisotopic (exact) mass is 398 g/mol. The Balaban J connectivity index is 1.63. The van der Waals surface area contributed by atoms with E-state index in [-0.39, 0.29) is 12.0 Å². The lowest BCUT2D eigenvalue weighted by Crippen LogP contribution is -2.14. The van der Waals surface area contributed by atoms with E-state index < -0.39 is 11.6 Å². The molecule has 0 atom stereocenters. The molecule has 2 aromatic heterocycles. The van der Waals surface area contributed by atoms with Crippen LogP contribution in [0, 0.1) is 0 Å². The zero-order chi connectivity index (χ0) is 19.7. The number of nitrogens with zero attached hydrogens (tertiary/aromatic N) is 1. The van der Waals surface area contributed by atoms with Crippen molar-refractivity contribution in [1.29, 1.82) is 0 Å². The minimum atomic E-state index is -0.463. The number of fused-ring (bicyclic) bond motifs is 2. The normalized spacial score (nSPS) is 12.9. The largest absolute Gasteiger partial charge is 0.469 e. The summed E-state index contributed by atoms with van der Waals surface area (Å²) in [4.78, 5) is 42.2. The van der Waals surface area contributed by atoms with Gasteiger partial charge in [0, 0.05) is 23.3 Å². The average molecular weight is 398 g/mol. The van der Waals surface area contributed by atoms with E-state index in [1.807, 2.05) is 6.07 Å². The average Bonchev–Trinajstić information content (AvgIpc) is 3.11. The molecule has 0 spiro atoms. The molecule has 0 fully saturated rings. The first-order chi connectivity index (χ1) is 13.5. The van der Waals surface area contributed by atoms with Crippen LogP contribution in [0.1, 0.15) is 28.8 Å². The molecule has 0 radical (unpaired) electrons. The van der Waals surface area contributed by atoms with Gasteiger partial charge in [0.2, 0.25) is 0 Å². The second kappa shape index (κ2) is 7.63. The molecule has 1 aliphatic carbocycles. The number of thioether (sulfide) groups is 1. The van der Waals surface area contributed by atoms with Crippen LogP contribution in [0.15, 0.2) is 43.4 Å². The highest BCUT2D eigenvalue weighted by molar-refractivity contribution is 7.98. The quantitative estimate of drug-likeness (QED) is 0.305. The van der Waals surface area contributed by atoms with E-state index in [9.17, 15) is 14.4 Å². The van der Waals surface area contributed by atoms with Crippen LogP contribution in [-0.2, 0) is 34.5 Å². The van der Waals surface area contributed by atoms with Crippen molar-refractivity contribution in [3.63, 3.8) is 0 Å². The number of rotatable bonds is 5. The second-order valence-electron chi connectivity index (χ2n) is 6.64. The molecule has 1 N–H and O–H groups in total. The molecule has 1 aliphatic rings. The Labute approximate surface area is 164 Å². The SMILES string of the molecule is COC(=O)Cc1cc(=O)[nH]c(SCc2cc(=O)oc3cc4c(cc23)CCC4)n1. The van der Waals surface area contributed by atoms with Gasteiger partial charge in [-0.3, -0.25) is 9.59 Å². The number of methoxy groups -OCH3 is 1. The van der Waals surface area contributed by atoms with Gasteiger partial charge < -0.3 is 14.1 Å². The summed E-state index contributed by atoms with van der Waals surface area (Å²) < 4.78 is 10.0. The van der Waals surface area contributed by atoms with E-state index in [1.165, 1.54) is 42.1 Å². The van der Waals surface area contributed by atoms with Gasteiger partial charge in [0.05, 0.1) is 19.2 Å². The summed E-state index contributed by atoms with van der Waals surface area (Å²) in [5.74, 6) is -0.0273. The fourth-order valence-corrected chi connectivity index (χ4v) is 4.31. The molecule has 0 saturated heterocycles. The zero-order valence-corrected chi connectivity index (χ0v) is 16.1. The van der Waals surface area contributed by atoms with E-state index in [4.69, 9.17) is 4.42 Å². The standard InChI is InChI=1S/C20H18N2O5S/c1-26-18(24)9-14-8-17(23)22-20(21-14)28-10-13-7-19(25)27-16-6-12-4-2-3-11(12)5-15(13)16/h5-8H,2-4,9-10H2,1H3,(H,21,22,23). The Kier molecular flexibility index (Phi) is 5.04. The third kappa shape index (κ3) is 3.87. The summed E-state index contributed by atoms with van der Waals surface area (Å²) in [5.41, 5.74) is 3.54. The smallest absolute Gasteiger partial charge is 0.336 e. The van der Waals surface area contributed by atoms with Crippen LogP contribution in [0.5, 0.6) is 0 Å². The maximum Gasteiger partial charge on any atom is 0.336 e. The molecule has 28 heavy (non-hydrogen) atoms. The number of aromatic amines is 1. The number of aryl methyl sites for hydroxylation is 2. The van der Waals surface area contributed by atoms with Crippen molar-refractivity contribution in [3.05, 3.63) is 67.4 Å². The van der Waals surface area contributed by atoms with Crippen molar-refractivity contribution in [2.45, 2.75) is 36.6 Å². The summed E-state index contributed by atoms with van der Waals surface area (Å²) in [6, 6.07) is 6.81. The van der Waals surface area contributed by atoms with Gasteiger partial charge >= 0.3 is 11.6 Å². The van der Waals surface area contributed by atoms with E-state index >= 15 is 0 Å². The van der Waals surface area contributed by atoms with E-state index in [0.717, 1.165) is 30.2 Å². The van der Waals surface area contributed by atoms with Gasteiger partial charge in [-0.2, -0.15) is 0 Å². The van der Waals surface area contributed by atoms with Crippen molar-refractivity contribution >= 4 is 28.7 Å². The Hall–Kier alpha value is -2.87. The van der Waals surface area contributed by atoms with Crippen LogP contribution in [-0.4, -0.2) is 23.0 Å². The fourth-order valence-electron chi connectivity index (χ4n) is 3.42. The maximum atomic E-state index is 12.0. The van der Waals surface area contributed by atoms with E-state index in [1.54, 1.807) is 0 Å². The van der Waals surface area contributed by atoms with Crippen molar-refractivity contribution in [1.82, 2.24) is 9.97 Å². The summed E-state index contributed by atoms with van der Waals surface area (Å²) in [5, 5.41) is 1.29. The number of benzene rings is 1. The van der Waals surface area contributed by atoms with Crippen molar-refractivity contribution in [3.8, 4) is 0 Å². The van der Waals surface area contributed by atoms with Crippen LogP contribution in [0.4, 0.5) is 0 Å². The number of aromatic nitrogens is 2. The van der Waals surface area contributed by atoms with Crippen LogP contribution in [0.25, 0.3) is 11.0 Å². The van der Waals surface area contributed by atoms with Crippen molar-refractivity contribution < 1.29 is 13.9 Å². The van der Waals surface area contributed by atoms with Crippen LogP contribution in [0.3, 0.4) is 0 Å². The van der Waals surface area contributed by atoms with Crippen LogP contribution >= 0.6 is 11.8 Å². The van der Waals surface area contributed by atoms with Gasteiger partial charge in [-0.1, -0.05) is 11.8 Å². The van der Waals surface area contributed by atoms with Gasteiger partial charge in [-0.15, -0.1) is 0 Å². The van der Waals surface area contributed by atoms with E-state index in [0.29, 0.717) is 22.2 Å². The number of carbonyl (C=O) groups is 1. The molecular formula is C20H18N2O5S. The summed E-state index contributed by atoms with van der Waals surface area (Å²) in [6.45, 7) is 0. The predicted octanol–water partition coefficient (Wildman–Crippen LogP) is 2.37. The predicted molar refractivity (Wildman–Crippen MR) is 105 cm³/mol. The molecule has 3 aromatic rings. The van der Waals surface area contributed by atoms with Gasteiger partial charge in [0.25, 0.3) is 5.56 Å². The third-order valence-electron chi connectivity index (χ3n) is 4.73. The highest BCUT2D eigenvalue weighted by Gasteiger charge is 2.16. The van der Waals surface area contributed by atoms with Gasteiger partial charge in [-0.05, 0) is 48.1 Å². The molecule has 0 unspecified atom stereocenters. The Morgan fingerprint density at radius 3 is 2.79 bits per heavy atom. The third-order valence-corrected chi connectivity index (χ3v) is 5.66. The minimum absolute atomic E-state index is 0.0715. The highest BCUT2D eigenvalue weighted by Crippen LogP contribution is 2.30. The molecule has 8 heteroatoms. The van der Waals surface area contributed by atoms with Crippen LogP contribution < -0.4 is 11.2 Å². The number of esters is 1. The Morgan fingerprint density at radius 1 is 1.21 bits per heavy atom. The first-order valence-corrected chi connectivity index (χ1v) is 9.89. The number of hydrogen-bond donors (Lipinski definition) is 1. The lowest BCUT2D eigenvalue weighted by molar-refractivity contribution is -0.139. The molecule has 7 nitrogen and oxygen atoms in total. The molecule has 0 aliphatic heterocycles. The number of hydrogen-bond acceptors (Lipinski definition) is 7. The first-order valence-electron chi connectivity index (χ1n) is 8.90. The number of carbonyl (C=O) groups excluding carboxylic acids is 1. The first kappa shape index (κ1) is 18.5. The lowest BCUT2D eigenvalue weighted by Gasteiger charge is -2.08. The van der Waals surface area contributed by atoms with Crippen molar-refractivity contribution in [2.24, 2.45) is 0 Å². The molecular weight excluding hydrogens is 380 g/mol. The van der Waals surface area contributed by atoms with Gasteiger partial charge in [0.15, 0.2) is 5.16 Å². The highest BCUT2D eigenvalue weighted by atomic mass is 32.2. The summed E-state index contributed by atoms with van der Waals surface area (Å²) >= 11 is 1.29. The molecule has 144 valence electrons. The molecule has 0 amide bonds. The topological polar surface area (TPSA) is 102 Å². The summed E-state index contributed by atoms with van der Waals surface area (Å²) in [7, 11) is 1.29. The zero-order valence-electron chi connectivity index (χ0n) is 15.2. The number of ether oxygens (including phenoxy) is 1. The summed E-state index contributed by atoms with van der Waals surface area (Å²) in [6.07, 6.45) is 3.07. The fraction of sp³-hybridized carbons (Fsp3) is 0.300. The lowest BCUT2D eigenvalue weighted by atomic mass is 10.0. The van der Waals surface area contributed by atoms with Crippen LogP contribution in [0.2, 0.25) is 0 Å². The molecule has 2 heterocycles. The Morgan fingerprint density at radius 2 is 2.00 bits per heavy atom. The minimum Gasteiger partial charge on any atom is -0.469 e. The molecule has 0 bridgehead atoms. The van der Waals surface area contributed by atoms with Crippen molar-refractivity contribution in [2.75, 3.05) is 7.11 Å². The molecule has 4 rings (SSSR count). The van der Waals surface area contributed by atoms with Gasteiger partial charge in [-0.25, -0.2) is 9.78 Å². The maximum absolute atomic E-state index is 12.0. The molecule has 1 aromatic carbocycles. The van der Waals surface area contributed by atoms with Gasteiger partial charge in [0.1, 0.15) is 5.58 Å². The van der Waals surface area contributed by atoms with E-state index in [2.05, 4.69) is 20.8 Å². The Bertz CT molecular complexity index is 1180. The second-order valence-corrected chi connectivity index (χ2v) is 7.61. The number of H-pyrrole nitrogens is 1. The number of nitrogens with one attached hydrogen (secondary N) is 1. The molecule has 0 saturated carbocycles.